The van der Waals surface area contributed by atoms with E-state index in [4.69, 9.17) is 0 Å². The normalized spacial score (nSPS) is 14.8. The smallest absolute Gasteiger partial charge is 0.0451 e. The Morgan fingerprint density at radius 1 is 1.38 bits per heavy atom. The molecule has 2 N–H and O–H groups in total. The molecule has 1 aromatic carbocycles. The number of nitrogens with one attached hydrogen (secondary N) is 2. The van der Waals surface area contributed by atoms with Gasteiger partial charge in [0.25, 0.3) is 0 Å². The summed E-state index contributed by atoms with van der Waals surface area (Å²) in [7, 11) is 1.96. The lowest BCUT2D eigenvalue weighted by Crippen LogP contribution is -2.27. The van der Waals surface area contributed by atoms with Crippen LogP contribution in [0.15, 0.2) is 23.1 Å². The van der Waals surface area contributed by atoms with Gasteiger partial charge in [0.05, 0.1) is 0 Å². The summed E-state index contributed by atoms with van der Waals surface area (Å²) in [5, 5.41) is 6.44. The summed E-state index contributed by atoms with van der Waals surface area (Å²) in [5.41, 5.74) is 3.02. The van der Waals surface area contributed by atoms with Crippen molar-refractivity contribution >= 4 is 11.8 Å². The molecule has 0 saturated heterocycles. The van der Waals surface area contributed by atoms with Crippen molar-refractivity contribution in [3.8, 4) is 0 Å². The minimum atomic E-state index is 0.890. The molecule has 2 rings (SSSR count). The van der Waals surface area contributed by atoms with E-state index in [1.807, 2.05) is 18.8 Å². The molecule has 0 saturated carbocycles. The van der Waals surface area contributed by atoms with Crippen LogP contribution in [0.1, 0.15) is 17.5 Å². The van der Waals surface area contributed by atoms with E-state index in [0.29, 0.717) is 0 Å². The van der Waals surface area contributed by atoms with E-state index in [9.17, 15) is 0 Å². The number of aryl methyl sites for hydroxylation is 1. The maximum absolute atomic E-state index is 3.35. The molecule has 1 aromatic rings. The quantitative estimate of drug-likeness (QED) is 0.604. The maximum atomic E-state index is 3.35. The molecule has 1 aliphatic heterocycles. The summed E-state index contributed by atoms with van der Waals surface area (Å²) in [5.74, 6) is 1.29. The van der Waals surface area contributed by atoms with E-state index in [1.54, 1.807) is 5.56 Å². The molecular weight excluding hydrogens is 216 g/mol. The highest BCUT2D eigenvalue weighted by Gasteiger charge is 2.09. The van der Waals surface area contributed by atoms with E-state index < -0.39 is 0 Å². The van der Waals surface area contributed by atoms with Gasteiger partial charge in [-0.2, -0.15) is 0 Å². The van der Waals surface area contributed by atoms with Crippen molar-refractivity contribution in [2.24, 2.45) is 0 Å². The van der Waals surface area contributed by atoms with E-state index >= 15 is 0 Å². The zero-order valence-corrected chi connectivity index (χ0v) is 10.7. The van der Waals surface area contributed by atoms with Crippen LogP contribution in [0.5, 0.6) is 0 Å². The lowest BCUT2D eigenvalue weighted by Gasteiger charge is -2.16. The molecule has 3 heteroatoms. The molecular formula is C13H20N2S. The van der Waals surface area contributed by atoms with Crippen molar-refractivity contribution in [2.75, 3.05) is 26.0 Å². The Labute approximate surface area is 102 Å². The molecule has 0 fully saturated rings. The number of fused-ring (bicyclic) bond motifs is 1. The van der Waals surface area contributed by atoms with Gasteiger partial charge in [-0.05, 0) is 49.3 Å². The van der Waals surface area contributed by atoms with Gasteiger partial charge in [0, 0.05) is 18.1 Å². The second kappa shape index (κ2) is 6.28. The van der Waals surface area contributed by atoms with Gasteiger partial charge in [0.2, 0.25) is 0 Å². The zero-order chi connectivity index (χ0) is 11.2. The fourth-order valence-electron chi connectivity index (χ4n) is 2.02. The van der Waals surface area contributed by atoms with Crippen LogP contribution in [-0.2, 0) is 12.8 Å². The predicted molar refractivity (Wildman–Crippen MR) is 71.1 cm³/mol. The van der Waals surface area contributed by atoms with Crippen molar-refractivity contribution in [3.63, 3.8) is 0 Å². The third-order valence-corrected chi connectivity index (χ3v) is 4.07. The van der Waals surface area contributed by atoms with Gasteiger partial charge in [0.15, 0.2) is 0 Å². The monoisotopic (exact) mass is 236 g/mol. The lowest BCUT2D eigenvalue weighted by molar-refractivity contribution is 0.630. The summed E-state index contributed by atoms with van der Waals surface area (Å²) in [6, 6.07) is 6.97. The summed E-state index contributed by atoms with van der Waals surface area (Å²) >= 11 is 2.00. The molecule has 0 radical (unpaired) electrons. The molecule has 0 aromatic heterocycles. The molecule has 0 bridgehead atoms. The first-order valence-electron chi connectivity index (χ1n) is 6.00. The van der Waals surface area contributed by atoms with Crippen LogP contribution in [0.25, 0.3) is 0 Å². The molecule has 0 amide bonds. The lowest BCUT2D eigenvalue weighted by atomic mass is 10.0. The number of rotatable bonds is 5. The highest BCUT2D eigenvalue weighted by molar-refractivity contribution is 7.99. The molecule has 1 heterocycles. The van der Waals surface area contributed by atoms with Crippen LogP contribution < -0.4 is 10.6 Å². The molecule has 1 aliphatic rings. The third-order valence-electron chi connectivity index (χ3n) is 2.87. The van der Waals surface area contributed by atoms with Gasteiger partial charge < -0.3 is 10.6 Å². The fourth-order valence-corrected chi connectivity index (χ4v) is 3.03. The van der Waals surface area contributed by atoms with Gasteiger partial charge >= 0.3 is 0 Å². The van der Waals surface area contributed by atoms with Gasteiger partial charge in [-0.1, -0.05) is 12.1 Å². The SMILES string of the molecule is CNCNCCc1ccc2c(c1)CCCS2. The Balaban J connectivity index is 1.90. The minimum absolute atomic E-state index is 0.890. The molecule has 88 valence electrons. The van der Waals surface area contributed by atoms with Crippen molar-refractivity contribution in [3.05, 3.63) is 29.3 Å². The molecule has 0 atom stereocenters. The maximum Gasteiger partial charge on any atom is 0.0451 e. The second-order valence-electron chi connectivity index (χ2n) is 4.17. The Morgan fingerprint density at radius 2 is 2.31 bits per heavy atom. The van der Waals surface area contributed by atoms with Crippen LogP contribution in [-0.4, -0.2) is 26.0 Å². The fraction of sp³-hybridized carbons (Fsp3) is 0.538. The summed E-state index contributed by atoms with van der Waals surface area (Å²) in [4.78, 5) is 1.50. The summed E-state index contributed by atoms with van der Waals surface area (Å²) < 4.78 is 0. The van der Waals surface area contributed by atoms with Gasteiger partial charge in [0.1, 0.15) is 0 Å². The summed E-state index contributed by atoms with van der Waals surface area (Å²) in [6.07, 6.45) is 3.72. The van der Waals surface area contributed by atoms with Crippen molar-refractivity contribution < 1.29 is 0 Å². The van der Waals surface area contributed by atoms with E-state index in [0.717, 1.165) is 19.6 Å². The largest absolute Gasteiger partial charge is 0.308 e. The van der Waals surface area contributed by atoms with Crippen molar-refractivity contribution in [1.82, 2.24) is 10.6 Å². The third kappa shape index (κ3) is 3.24. The number of hydrogen-bond donors (Lipinski definition) is 2. The first-order valence-corrected chi connectivity index (χ1v) is 6.98. The van der Waals surface area contributed by atoms with E-state index in [2.05, 4.69) is 28.8 Å². The molecule has 0 aliphatic carbocycles. The first kappa shape index (κ1) is 12.0. The van der Waals surface area contributed by atoms with Gasteiger partial charge in [-0.3, -0.25) is 0 Å². The Bertz CT molecular complexity index is 339. The number of thioether (sulfide) groups is 1. The Morgan fingerprint density at radius 3 is 3.19 bits per heavy atom. The average molecular weight is 236 g/mol. The molecule has 0 spiro atoms. The van der Waals surface area contributed by atoms with Crippen LogP contribution >= 0.6 is 11.8 Å². The Kier molecular flexibility index (Phi) is 4.69. The predicted octanol–water partition coefficient (Wildman–Crippen LogP) is 2.03. The molecule has 16 heavy (non-hydrogen) atoms. The van der Waals surface area contributed by atoms with E-state index in [-0.39, 0.29) is 0 Å². The number of hydrogen-bond acceptors (Lipinski definition) is 3. The van der Waals surface area contributed by atoms with E-state index in [1.165, 1.54) is 29.1 Å². The topological polar surface area (TPSA) is 24.1 Å². The summed E-state index contributed by atoms with van der Waals surface area (Å²) in [6.45, 7) is 1.94. The first-order chi connectivity index (χ1) is 7.90. The minimum Gasteiger partial charge on any atom is -0.308 e. The zero-order valence-electron chi connectivity index (χ0n) is 9.88. The highest BCUT2D eigenvalue weighted by Crippen LogP contribution is 2.30. The average Bonchev–Trinajstić information content (AvgIpc) is 2.34. The second-order valence-corrected chi connectivity index (χ2v) is 5.31. The van der Waals surface area contributed by atoms with Crippen molar-refractivity contribution in [2.45, 2.75) is 24.2 Å². The van der Waals surface area contributed by atoms with Crippen LogP contribution in [0, 0.1) is 0 Å². The van der Waals surface area contributed by atoms with Crippen LogP contribution in [0.2, 0.25) is 0 Å². The van der Waals surface area contributed by atoms with Gasteiger partial charge in [-0.25, -0.2) is 0 Å². The Hall–Kier alpha value is -0.510. The highest BCUT2D eigenvalue weighted by atomic mass is 32.2. The molecule has 2 nitrogen and oxygen atoms in total. The van der Waals surface area contributed by atoms with Crippen LogP contribution in [0.4, 0.5) is 0 Å². The number of benzene rings is 1. The van der Waals surface area contributed by atoms with Gasteiger partial charge in [-0.15, -0.1) is 11.8 Å². The van der Waals surface area contributed by atoms with Crippen molar-refractivity contribution in [1.29, 1.82) is 0 Å². The standard InChI is InChI=1S/C13H20N2S/c1-14-10-15-7-6-11-4-5-13-12(9-11)3-2-8-16-13/h4-5,9,14-15H,2-3,6-8,10H2,1H3. The van der Waals surface area contributed by atoms with Crippen LogP contribution in [0.3, 0.4) is 0 Å². The molecule has 0 unspecified atom stereocenters.